The van der Waals surface area contributed by atoms with Crippen LogP contribution in [-0.2, 0) is 25.7 Å². The Kier molecular flexibility index (Phi) is 5.94. The lowest BCUT2D eigenvalue weighted by atomic mass is 9.52. The molecule has 0 spiro atoms. The molecule has 3 aromatic carbocycles. The van der Waals surface area contributed by atoms with Crippen molar-refractivity contribution >= 4 is 11.9 Å². The largest absolute Gasteiger partial charge is 0.469 e. The van der Waals surface area contributed by atoms with E-state index in [1.807, 2.05) is 91.0 Å². The van der Waals surface area contributed by atoms with Crippen LogP contribution in [0.2, 0.25) is 0 Å². The van der Waals surface area contributed by atoms with E-state index < -0.39 is 11.8 Å². The van der Waals surface area contributed by atoms with Crippen LogP contribution in [0.3, 0.4) is 0 Å². The highest BCUT2D eigenvalue weighted by molar-refractivity contribution is 5.85. The third-order valence-electron chi connectivity index (χ3n) is 5.89. The Balaban J connectivity index is 1.67. The summed E-state index contributed by atoms with van der Waals surface area (Å²) in [6.07, 6.45) is 0. The van der Waals surface area contributed by atoms with E-state index in [9.17, 15) is 9.59 Å². The first kappa shape index (κ1) is 19.9. The van der Waals surface area contributed by atoms with Crippen LogP contribution < -0.4 is 0 Å². The molecule has 0 heterocycles. The Labute approximate surface area is 176 Å². The number of hydrogen-bond donors (Lipinski definition) is 0. The zero-order valence-corrected chi connectivity index (χ0v) is 16.8. The minimum atomic E-state index is -0.456. The van der Waals surface area contributed by atoms with Gasteiger partial charge in [0.1, 0.15) is 6.61 Å². The van der Waals surface area contributed by atoms with E-state index in [0.29, 0.717) is 0 Å². The van der Waals surface area contributed by atoms with Gasteiger partial charge in [0.15, 0.2) is 0 Å². The van der Waals surface area contributed by atoms with Gasteiger partial charge in [0.05, 0.1) is 18.9 Å². The molecule has 1 saturated carbocycles. The second-order valence-electron chi connectivity index (χ2n) is 7.54. The number of ether oxygens (including phenoxy) is 2. The molecule has 0 bridgehead atoms. The van der Waals surface area contributed by atoms with Crippen molar-refractivity contribution in [2.45, 2.75) is 18.4 Å². The van der Waals surface area contributed by atoms with Crippen molar-refractivity contribution in [1.29, 1.82) is 0 Å². The van der Waals surface area contributed by atoms with E-state index in [-0.39, 0.29) is 30.4 Å². The molecule has 1 aliphatic carbocycles. The fraction of sp³-hybridized carbons (Fsp3) is 0.231. The van der Waals surface area contributed by atoms with Crippen molar-refractivity contribution in [2.24, 2.45) is 11.8 Å². The van der Waals surface area contributed by atoms with Crippen molar-refractivity contribution in [2.75, 3.05) is 7.11 Å². The van der Waals surface area contributed by atoms with Gasteiger partial charge in [-0.05, 0) is 16.7 Å². The second-order valence-corrected chi connectivity index (χ2v) is 7.54. The first-order chi connectivity index (χ1) is 14.7. The van der Waals surface area contributed by atoms with Crippen molar-refractivity contribution in [3.8, 4) is 0 Å². The summed E-state index contributed by atoms with van der Waals surface area (Å²) < 4.78 is 10.8. The molecule has 0 N–H and O–H groups in total. The maximum absolute atomic E-state index is 13.2. The third-order valence-corrected chi connectivity index (χ3v) is 5.89. The number of rotatable bonds is 6. The van der Waals surface area contributed by atoms with Crippen LogP contribution >= 0.6 is 0 Å². The molecule has 0 radical (unpaired) electrons. The van der Waals surface area contributed by atoms with E-state index in [2.05, 4.69) is 0 Å². The minimum Gasteiger partial charge on any atom is -0.469 e. The van der Waals surface area contributed by atoms with E-state index in [1.54, 1.807) is 0 Å². The molecule has 4 nitrogen and oxygen atoms in total. The van der Waals surface area contributed by atoms with Crippen molar-refractivity contribution in [3.05, 3.63) is 108 Å². The van der Waals surface area contributed by atoms with Crippen LogP contribution in [0.25, 0.3) is 0 Å². The lowest BCUT2D eigenvalue weighted by Gasteiger charge is -2.49. The van der Waals surface area contributed by atoms with Crippen LogP contribution in [0.4, 0.5) is 0 Å². The number of carbonyl (C=O) groups is 2. The van der Waals surface area contributed by atoms with Gasteiger partial charge in [-0.25, -0.2) is 0 Å². The second kappa shape index (κ2) is 8.95. The average Bonchev–Trinajstić information content (AvgIpc) is 2.79. The molecule has 3 aromatic rings. The minimum absolute atomic E-state index is 0.210. The van der Waals surface area contributed by atoms with Crippen molar-refractivity contribution in [1.82, 2.24) is 0 Å². The molecule has 0 saturated heterocycles. The summed E-state index contributed by atoms with van der Waals surface area (Å²) in [4.78, 5) is 26.0. The molecular formula is C26H24O4. The molecule has 0 amide bonds. The number of benzene rings is 3. The van der Waals surface area contributed by atoms with Gasteiger partial charge >= 0.3 is 11.9 Å². The van der Waals surface area contributed by atoms with Gasteiger partial charge in [-0.1, -0.05) is 91.0 Å². The molecule has 4 heteroatoms. The highest BCUT2D eigenvalue weighted by Crippen LogP contribution is 2.58. The number of methoxy groups -OCH3 is 1. The Morgan fingerprint density at radius 3 is 1.57 bits per heavy atom. The van der Waals surface area contributed by atoms with E-state index in [1.165, 1.54) is 7.11 Å². The molecule has 4 rings (SSSR count). The highest BCUT2D eigenvalue weighted by Gasteiger charge is 2.59. The summed E-state index contributed by atoms with van der Waals surface area (Å²) in [5.74, 6) is -2.05. The number of esters is 2. The first-order valence-electron chi connectivity index (χ1n) is 10.1. The van der Waals surface area contributed by atoms with Gasteiger partial charge in [-0.3, -0.25) is 9.59 Å². The Bertz CT molecular complexity index is 938. The predicted octanol–water partition coefficient (Wildman–Crippen LogP) is 4.72. The summed E-state index contributed by atoms with van der Waals surface area (Å²) in [5, 5.41) is 0. The van der Waals surface area contributed by atoms with Gasteiger partial charge in [-0.2, -0.15) is 0 Å². The van der Waals surface area contributed by atoms with Gasteiger partial charge in [0.2, 0.25) is 0 Å². The van der Waals surface area contributed by atoms with Crippen LogP contribution in [0.5, 0.6) is 0 Å². The molecular weight excluding hydrogens is 376 g/mol. The quantitative estimate of drug-likeness (QED) is 0.562. The maximum atomic E-state index is 13.2. The molecule has 1 aliphatic rings. The fourth-order valence-corrected chi connectivity index (χ4v) is 4.48. The van der Waals surface area contributed by atoms with E-state index >= 15 is 0 Å². The number of hydrogen-bond acceptors (Lipinski definition) is 4. The zero-order valence-electron chi connectivity index (χ0n) is 16.8. The monoisotopic (exact) mass is 400 g/mol. The fourth-order valence-electron chi connectivity index (χ4n) is 4.48. The average molecular weight is 400 g/mol. The van der Waals surface area contributed by atoms with Gasteiger partial charge < -0.3 is 9.47 Å². The normalized spacial score (nSPS) is 22.6. The van der Waals surface area contributed by atoms with E-state index in [4.69, 9.17) is 9.47 Å². The van der Waals surface area contributed by atoms with Gasteiger partial charge in [0.25, 0.3) is 0 Å². The summed E-state index contributed by atoms with van der Waals surface area (Å²) >= 11 is 0. The van der Waals surface area contributed by atoms with E-state index in [0.717, 1.165) is 16.7 Å². The topological polar surface area (TPSA) is 52.6 Å². The lowest BCUT2D eigenvalue weighted by molar-refractivity contribution is -0.166. The molecule has 30 heavy (non-hydrogen) atoms. The van der Waals surface area contributed by atoms with Crippen LogP contribution in [0, 0.1) is 11.8 Å². The molecule has 0 aromatic heterocycles. The van der Waals surface area contributed by atoms with Crippen LogP contribution in [-0.4, -0.2) is 19.0 Å². The Morgan fingerprint density at radius 2 is 1.10 bits per heavy atom. The number of carbonyl (C=O) groups excluding carboxylic acids is 2. The van der Waals surface area contributed by atoms with Gasteiger partial charge in [-0.15, -0.1) is 0 Å². The van der Waals surface area contributed by atoms with Crippen LogP contribution in [0.1, 0.15) is 28.5 Å². The lowest BCUT2D eigenvalue weighted by Crippen LogP contribution is -2.51. The summed E-state index contributed by atoms with van der Waals surface area (Å²) in [6, 6.07) is 29.0. The standard InChI is InChI=1S/C26H24O4/c1-29-25(27)23-21(19-13-7-3-8-14-19)24(22(23)20-15-9-4-10-16-20)26(28)30-17-18-11-5-2-6-12-18/h2-16,21-24H,17H2,1H3/t21-,22-,23?,24?/m0/s1. The molecule has 2 atom stereocenters. The SMILES string of the molecule is COC(=O)C1[C@H](c2ccccc2)C(C(=O)OCc2ccccc2)[C@H]1c1ccccc1. The highest BCUT2D eigenvalue weighted by atomic mass is 16.5. The molecule has 0 aliphatic heterocycles. The summed E-state index contributed by atoms with van der Waals surface area (Å²) in [6.45, 7) is 0.210. The molecule has 152 valence electrons. The first-order valence-corrected chi connectivity index (χ1v) is 10.1. The molecule has 0 unspecified atom stereocenters. The Morgan fingerprint density at radius 1 is 0.667 bits per heavy atom. The zero-order chi connectivity index (χ0) is 20.9. The smallest absolute Gasteiger partial charge is 0.310 e. The van der Waals surface area contributed by atoms with Crippen molar-refractivity contribution in [3.63, 3.8) is 0 Å². The summed E-state index contributed by atoms with van der Waals surface area (Å²) in [5.41, 5.74) is 2.82. The predicted molar refractivity (Wildman–Crippen MR) is 114 cm³/mol. The third kappa shape index (κ3) is 3.86. The molecule has 1 fully saturated rings. The van der Waals surface area contributed by atoms with Crippen LogP contribution in [0.15, 0.2) is 91.0 Å². The van der Waals surface area contributed by atoms with Crippen molar-refractivity contribution < 1.29 is 19.1 Å². The maximum Gasteiger partial charge on any atom is 0.310 e. The Hall–Kier alpha value is -3.40. The van der Waals surface area contributed by atoms with Gasteiger partial charge in [0, 0.05) is 11.8 Å². The summed E-state index contributed by atoms with van der Waals surface area (Å²) in [7, 11) is 1.40.